The van der Waals surface area contributed by atoms with Gasteiger partial charge in [-0.2, -0.15) is 0 Å². The second kappa shape index (κ2) is 7.74. The van der Waals surface area contributed by atoms with Crippen molar-refractivity contribution < 1.29 is 24.0 Å². The van der Waals surface area contributed by atoms with Gasteiger partial charge < -0.3 is 19.7 Å². The van der Waals surface area contributed by atoms with Crippen molar-refractivity contribution in [3.63, 3.8) is 0 Å². The number of carbonyl (C=O) groups is 2. The van der Waals surface area contributed by atoms with Crippen molar-refractivity contribution in [2.45, 2.75) is 37.8 Å². The number of rotatable bonds is 6. The molecule has 0 aromatic heterocycles. The zero-order chi connectivity index (χ0) is 17.8. The van der Waals surface area contributed by atoms with Gasteiger partial charge in [-0.25, -0.2) is 4.79 Å². The fourth-order valence-corrected chi connectivity index (χ4v) is 3.44. The predicted octanol–water partition coefficient (Wildman–Crippen LogP) is 0.412. The van der Waals surface area contributed by atoms with E-state index in [2.05, 4.69) is 10.6 Å². The highest BCUT2D eigenvalue weighted by Gasteiger charge is 2.34. The van der Waals surface area contributed by atoms with Crippen LogP contribution in [0.3, 0.4) is 0 Å². The van der Waals surface area contributed by atoms with Crippen LogP contribution < -0.4 is 25.0 Å². The number of quaternary nitrogens is 1. The summed E-state index contributed by atoms with van der Waals surface area (Å²) < 4.78 is 10.8. The molecule has 3 amide bonds. The molecule has 2 fully saturated rings. The standard InChI is InChI=1S/C18H25N3O4/c1-24-13-7-8-16(25-2)14(10-13)15-4-3-9-21(15)11-17(22)20-18(23)19-12-5-6-12/h7-8,10,12,15H,3-6,9,11H2,1-2H3,(H2,19,20,22,23)/p+1/t15-/m1/s1. The van der Waals surface area contributed by atoms with Gasteiger partial charge in [0, 0.05) is 18.9 Å². The van der Waals surface area contributed by atoms with Crippen LogP contribution in [0.2, 0.25) is 0 Å². The molecule has 1 saturated heterocycles. The highest BCUT2D eigenvalue weighted by Crippen LogP contribution is 2.31. The Morgan fingerprint density at radius 1 is 1.20 bits per heavy atom. The summed E-state index contributed by atoms with van der Waals surface area (Å²) in [6.07, 6.45) is 4.00. The molecule has 0 bridgehead atoms. The average Bonchev–Trinajstić information content (AvgIpc) is 3.29. The van der Waals surface area contributed by atoms with Gasteiger partial charge in [-0.15, -0.1) is 0 Å². The number of urea groups is 1. The number of likely N-dealkylation sites (tertiary alicyclic amines) is 1. The molecular formula is C18H26N3O4+. The van der Waals surface area contributed by atoms with Crippen molar-refractivity contribution in [3.05, 3.63) is 23.8 Å². The van der Waals surface area contributed by atoms with Crippen molar-refractivity contribution in [1.82, 2.24) is 10.6 Å². The fraction of sp³-hybridized carbons (Fsp3) is 0.556. The van der Waals surface area contributed by atoms with Gasteiger partial charge in [-0.05, 0) is 31.0 Å². The van der Waals surface area contributed by atoms with E-state index in [0.29, 0.717) is 0 Å². The second-order valence-electron chi connectivity index (χ2n) is 6.68. The van der Waals surface area contributed by atoms with Crippen molar-refractivity contribution >= 4 is 11.9 Å². The summed E-state index contributed by atoms with van der Waals surface area (Å²) >= 11 is 0. The maximum Gasteiger partial charge on any atom is 0.321 e. The van der Waals surface area contributed by atoms with Crippen molar-refractivity contribution in [2.24, 2.45) is 0 Å². The summed E-state index contributed by atoms with van der Waals surface area (Å²) in [6.45, 7) is 1.16. The monoisotopic (exact) mass is 348 g/mol. The van der Waals surface area contributed by atoms with Crippen molar-refractivity contribution in [2.75, 3.05) is 27.3 Å². The van der Waals surface area contributed by atoms with Crippen LogP contribution >= 0.6 is 0 Å². The molecular weight excluding hydrogens is 322 g/mol. The Morgan fingerprint density at radius 3 is 2.68 bits per heavy atom. The Balaban J connectivity index is 1.65. The summed E-state index contributed by atoms with van der Waals surface area (Å²) in [7, 11) is 3.28. The Kier molecular flexibility index (Phi) is 5.43. The minimum absolute atomic E-state index is 0.155. The normalized spacial score (nSPS) is 22.3. The van der Waals surface area contributed by atoms with E-state index in [1.54, 1.807) is 14.2 Å². The largest absolute Gasteiger partial charge is 0.497 e. The van der Waals surface area contributed by atoms with E-state index < -0.39 is 0 Å². The molecule has 2 aliphatic rings. The first-order valence-electron chi connectivity index (χ1n) is 8.77. The molecule has 3 rings (SSSR count). The summed E-state index contributed by atoms with van der Waals surface area (Å²) in [6, 6.07) is 5.75. The molecule has 3 N–H and O–H groups in total. The van der Waals surface area contributed by atoms with E-state index in [9.17, 15) is 9.59 Å². The smallest absolute Gasteiger partial charge is 0.321 e. The minimum atomic E-state index is -0.387. The van der Waals surface area contributed by atoms with Gasteiger partial charge in [0.1, 0.15) is 17.5 Å². The third-order valence-electron chi connectivity index (χ3n) is 4.85. The number of methoxy groups -OCH3 is 2. The van der Waals surface area contributed by atoms with E-state index >= 15 is 0 Å². The number of carbonyl (C=O) groups excluding carboxylic acids is 2. The van der Waals surface area contributed by atoms with Gasteiger partial charge in [0.05, 0.1) is 26.3 Å². The first-order valence-corrected chi connectivity index (χ1v) is 8.77. The number of hydrogen-bond donors (Lipinski definition) is 3. The van der Waals surface area contributed by atoms with Crippen LogP contribution in [-0.4, -0.2) is 45.3 Å². The SMILES string of the molecule is COc1ccc(OC)c([C@H]2CCC[NH+]2CC(=O)NC(=O)NC2CC2)c1. The number of nitrogens with one attached hydrogen (secondary N) is 3. The van der Waals surface area contributed by atoms with Crippen molar-refractivity contribution in [1.29, 1.82) is 0 Å². The highest BCUT2D eigenvalue weighted by atomic mass is 16.5. The van der Waals surface area contributed by atoms with E-state index in [1.807, 2.05) is 18.2 Å². The van der Waals surface area contributed by atoms with Crippen LogP contribution in [0.4, 0.5) is 4.79 Å². The van der Waals surface area contributed by atoms with E-state index in [0.717, 1.165) is 54.2 Å². The number of hydrogen-bond acceptors (Lipinski definition) is 4. The number of amides is 3. The van der Waals surface area contributed by atoms with Crippen LogP contribution in [0, 0.1) is 0 Å². The van der Waals surface area contributed by atoms with Crippen LogP contribution in [0.15, 0.2) is 18.2 Å². The lowest BCUT2D eigenvalue weighted by Gasteiger charge is -2.23. The Hall–Kier alpha value is -2.28. The lowest BCUT2D eigenvalue weighted by molar-refractivity contribution is -0.910. The molecule has 7 nitrogen and oxygen atoms in total. The average molecular weight is 348 g/mol. The molecule has 1 aromatic rings. The molecule has 1 unspecified atom stereocenters. The number of benzene rings is 1. The van der Waals surface area contributed by atoms with Gasteiger partial charge in [-0.1, -0.05) is 0 Å². The fourth-order valence-electron chi connectivity index (χ4n) is 3.44. The molecule has 25 heavy (non-hydrogen) atoms. The van der Waals surface area contributed by atoms with E-state index in [-0.39, 0.29) is 30.6 Å². The third-order valence-corrected chi connectivity index (χ3v) is 4.85. The summed E-state index contributed by atoms with van der Waals surface area (Å²) in [5, 5.41) is 5.20. The lowest BCUT2D eigenvalue weighted by Crippen LogP contribution is -3.11. The van der Waals surface area contributed by atoms with Gasteiger partial charge in [-0.3, -0.25) is 10.1 Å². The highest BCUT2D eigenvalue weighted by molar-refractivity contribution is 5.94. The van der Waals surface area contributed by atoms with Crippen LogP contribution in [0.1, 0.15) is 37.3 Å². The Labute approximate surface area is 147 Å². The molecule has 1 aliphatic heterocycles. The predicted molar refractivity (Wildman–Crippen MR) is 91.9 cm³/mol. The summed E-state index contributed by atoms with van der Waals surface area (Å²) in [5.41, 5.74) is 1.05. The quantitative estimate of drug-likeness (QED) is 0.696. The van der Waals surface area contributed by atoms with Crippen LogP contribution in [-0.2, 0) is 4.79 Å². The summed E-state index contributed by atoms with van der Waals surface area (Å²) in [4.78, 5) is 25.1. The maximum absolute atomic E-state index is 12.2. The van der Waals surface area contributed by atoms with Crippen LogP contribution in [0.5, 0.6) is 11.5 Å². The maximum atomic E-state index is 12.2. The molecule has 1 aliphatic carbocycles. The van der Waals surface area contributed by atoms with Crippen molar-refractivity contribution in [3.8, 4) is 11.5 Å². The van der Waals surface area contributed by atoms with Gasteiger partial charge in [0.25, 0.3) is 5.91 Å². The number of ether oxygens (including phenoxy) is 2. The van der Waals surface area contributed by atoms with Gasteiger partial charge in [0.15, 0.2) is 6.54 Å². The zero-order valence-electron chi connectivity index (χ0n) is 14.8. The first kappa shape index (κ1) is 17.5. The number of imide groups is 1. The first-order chi connectivity index (χ1) is 12.1. The second-order valence-corrected chi connectivity index (χ2v) is 6.68. The molecule has 1 aromatic carbocycles. The summed E-state index contributed by atoms with van der Waals surface area (Å²) in [5.74, 6) is 1.33. The van der Waals surface area contributed by atoms with E-state index in [1.165, 1.54) is 0 Å². The molecule has 2 atom stereocenters. The Morgan fingerprint density at radius 2 is 2.00 bits per heavy atom. The molecule has 0 radical (unpaired) electrons. The molecule has 136 valence electrons. The van der Waals surface area contributed by atoms with E-state index in [4.69, 9.17) is 9.47 Å². The minimum Gasteiger partial charge on any atom is -0.497 e. The third kappa shape index (κ3) is 4.42. The van der Waals surface area contributed by atoms with Crippen LogP contribution in [0.25, 0.3) is 0 Å². The lowest BCUT2D eigenvalue weighted by atomic mass is 10.0. The molecule has 1 saturated carbocycles. The molecule has 7 heteroatoms. The Bertz CT molecular complexity index is 645. The van der Waals surface area contributed by atoms with Gasteiger partial charge >= 0.3 is 6.03 Å². The molecule has 1 heterocycles. The van der Waals surface area contributed by atoms with Gasteiger partial charge in [0.2, 0.25) is 0 Å². The molecule has 0 spiro atoms. The topological polar surface area (TPSA) is 81.1 Å². The zero-order valence-corrected chi connectivity index (χ0v) is 14.8.